The number of rotatable bonds is 4. The number of carbonyl (C=O) groups excluding carboxylic acids is 1. The average molecular weight is 350 g/mol. The maximum atomic E-state index is 14.0. The van der Waals surface area contributed by atoms with Crippen molar-refractivity contribution in [2.75, 3.05) is 5.32 Å². The zero-order chi connectivity index (χ0) is 18.3. The van der Waals surface area contributed by atoms with Crippen LogP contribution in [0.2, 0.25) is 0 Å². The van der Waals surface area contributed by atoms with Crippen LogP contribution < -0.4 is 5.32 Å². The molecule has 1 aliphatic rings. The van der Waals surface area contributed by atoms with Gasteiger partial charge in [-0.1, -0.05) is 23.4 Å². The lowest BCUT2D eigenvalue weighted by atomic mass is 10.00. The summed E-state index contributed by atoms with van der Waals surface area (Å²) in [5.41, 5.74) is 3.16. The Bertz CT molecular complexity index is 969. The molecule has 1 saturated carbocycles. The van der Waals surface area contributed by atoms with Crippen LogP contribution in [0, 0.1) is 19.7 Å². The van der Waals surface area contributed by atoms with E-state index in [0.29, 0.717) is 29.9 Å². The van der Waals surface area contributed by atoms with E-state index in [9.17, 15) is 9.18 Å². The molecule has 1 aliphatic carbocycles. The molecule has 1 heterocycles. The van der Waals surface area contributed by atoms with E-state index < -0.39 is 5.41 Å². The molecule has 1 N–H and O–H groups in total. The standard InChI is InChI=1S/C21H19FN2O2/c1-13-9-14(2)11-15(10-13)23-20(25)21(7-8-21)19-12-18(26-24-19)16-5-3-4-6-17(16)22/h3-6,9-12H,7-8H2,1-2H3,(H,23,25). The summed E-state index contributed by atoms with van der Waals surface area (Å²) in [6.07, 6.45) is 1.40. The van der Waals surface area contributed by atoms with Crippen molar-refractivity contribution in [3.05, 3.63) is 71.2 Å². The number of nitrogens with one attached hydrogen (secondary N) is 1. The van der Waals surface area contributed by atoms with Gasteiger partial charge in [-0.25, -0.2) is 4.39 Å². The van der Waals surface area contributed by atoms with Gasteiger partial charge in [0.15, 0.2) is 5.76 Å². The number of hydrogen-bond acceptors (Lipinski definition) is 3. The zero-order valence-corrected chi connectivity index (χ0v) is 14.7. The van der Waals surface area contributed by atoms with Gasteiger partial charge in [0.05, 0.1) is 16.7 Å². The summed E-state index contributed by atoms with van der Waals surface area (Å²) in [4.78, 5) is 12.9. The first-order valence-corrected chi connectivity index (χ1v) is 8.60. The number of amides is 1. The highest BCUT2D eigenvalue weighted by atomic mass is 19.1. The lowest BCUT2D eigenvalue weighted by Gasteiger charge is -2.13. The van der Waals surface area contributed by atoms with E-state index in [1.807, 2.05) is 26.0 Å². The molecule has 0 bridgehead atoms. The molecule has 0 unspecified atom stereocenters. The number of benzene rings is 2. The van der Waals surface area contributed by atoms with Crippen LogP contribution in [0.3, 0.4) is 0 Å². The molecule has 0 atom stereocenters. The molecular formula is C21H19FN2O2. The summed E-state index contributed by atoms with van der Waals surface area (Å²) in [6, 6.07) is 14.0. The van der Waals surface area contributed by atoms with Crippen LogP contribution >= 0.6 is 0 Å². The van der Waals surface area contributed by atoms with E-state index in [0.717, 1.165) is 16.8 Å². The summed E-state index contributed by atoms with van der Waals surface area (Å²) in [6.45, 7) is 3.99. The van der Waals surface area contributed by atoms with Gasteiger partial charge >= 0.3 is 0 Å². The molecule has 26 heavy (non-hydrogen) atoms. The van der Waals surface area contributed by atoms with Gasteiger partial charge in [0.25, 0.3) is 0 Å². The largest absolute Gasteiger partial charge is 0.356 e. The SMILES string of the molecule is Cc1cc(C)cc(NC(=O)C2(c3cc(-c4ccccc4F)on3)CC2)c1. The Morgan fingerprint density at radius 1 is 1.12 bits per heavy atom. The third-order valence-electron chi connectivity index (χ3n) is 4.80. The number of carbonyl (C=O) groups is 1. The van der Waals surface area contributed by atoms with Crippen LogP contribution in [0.5, 0.6) is 0 Å². The van der Waals surface area contributed by atoms with Gasteiger partial charge in [0, 0.05) is 11.8 Å². The lowest BCUT2D eigenvalue weighted by molar-refractivity contribution is -0.118. The van der Waals surface area contributed by atoms with Crippen molar-refractivity contribution in [1.82, 2.24) is 5.16 Å². The van der Waals surface area contributed by atoms with Crippen LogP contribution in [-0.2, 0) is 10.2 Å². The first kappa shape index (κ1) is 16.5. The van der Waals surface area contributed by atoms with Crippen molar-refractivity contribution < 1.29 is 13.7 Å². The van der Waals surface area contributed by atoms with Crippen molar-refractivity contribution in [1.29, 1.82) is 0 Å². The van der Waals surface area contributed by atoms with Crippen molar-refractivity contribution in [3.8, 4) is 11.3 Å². The first-order valence-electron chi connectivity index (χ1n) is 8.60. The van der Waals surface area contributed by atoms with Crippen LogP contribution in [0.4, 0.5) is 10.1 Å². The third-order valence-corrected chi connectivity index (χ3v) is 4.80. The fraction of sp³-hybridized carbons (Fsp3) is 0.238. The van der Waals surface area contributed by atoms with Gasteiger partial charge in [0.1, 0.15) is 5.82 Å². The van der Waals surface area contributed by atoms with Gasteiger partial charge in [-0.2, -0.15) is 0 Å². The lowest BCUT2D eigenvalue weighted by Crippen LogP contribution is -2.28. The number of aromatic nitrogens is 1. The van der Waals surface area contributed by atoms with Gasteiger partial charge in [-0.15, -0.1) is 0 Å². The number of halogens is 1. The predicted molar refractivity (Wildman–Crippen MR) is 97.4 cm³/mol. The topological polar surface area (TPSA) is 55.1 Å². The maximum absolute atomic E-state index is 14.0. The van der Waals surface area contributed by atoms with Gasteiger partial charge < -0.3 is 9.84 Å². The van der Waals surface area contributed by atoms with E-state index >= 15 is 0 Å². The molecule has 0 spiro atoms. The highest BCUT2D eigenvalue weighted by molar-refractivity contribution is 6.01. The minimum atomic E-state index is -0.690. The average Bonchev–Trinajstić information content (AvgIpc) is 3.26. The van der Waals surface area contributed by atoms with E-state index in [1.165, 1.54) is 6.07 Å². The molecular weight excluding hydrogens is 331 g/mol. The fourth-order valence-electron chi connectivity index (χ4n) is 3.31. The monoisotopic (exact) mass is 350 g/mol. The number of nitrogens with zero attached hydrogens (tertiary/aromatic N) is 1. The summed E-state index contributed by atoms with van der Waals surface area (Å²) in [5, 5.41) is 7.05. The van der Waals surface area contributed by atoms with E-state index in [2.05, 4.69) is 16.5 Å². The normalized spacial score (nSPS) is 14.9. The summed E-state index contributed by atoms with van der Waals surface area (Å²) in [5.74, 6) is -0.140. The smallest absolute Gasteiger partial charge is 0.236 e. The number of anilines is 1. The molecule has 0 aliphatic heterocycles. The van der Waals surface area contributed by atoms with Gasteiger partial charge in [0.2, 0.25) is 5.91 Å². The third kappa shape index (κ3) is 2.90. The molecule has 0 saturated heterocycles. The second kappa shape index (κ2) is 6.09. The molecule has 3 aromatic rings. The van der Waals surface area contributed by atoms with E-state index in [-0.39, 0.29) is 11.7 Å². The van der Waals surface area contributed by atoms with E-state index in [4.69, 9.17) is 4.52 Å². The Balaban J connectivity index is 1.59. The Morgan fingerprint density at radius 3 is 2.46 bits per heavy atom. The highest BCUT2D eigenvalue weighted by Crippen LogP contribution is 2.49. The zero-order valence-electron chi connectivity index (χ0n) is 14.7. The van der Waals surface area contributed by atoms with Crippen LogP contribution in [0.1, 0.15) is 29.7 Å². The van der Waals surface area contributed by atoms with Crippen molar-refractivity contribution in [2.24, 2.45) is 0 Å². The summed E-state index contributed by atoms with van der Waals surface area (Å²) >= 11 is 0. The highest BCUT2D eigenvalue weighted by Gasteiger charge is 2.53. The second-order valence-corrected chi connectivity index (χ2v) is 6.97. The molecule has 4 rings (SSSR count). The molecule has 1 fully saturated rings. The van der Waals surface area contributed by atoms with Crippen molar-refractivity contribution in [2.45, 2.75) is 32.1 Å². The van der Waals surface area contributed by atoms with Crippen molar-refractivity contribution in [3.63, 3.8) is 0 Å². The summed E-state index contributed by atoms with van der Waals surface area (Å²) in [7, 11) is 0. The molecule has 5 heteroatoms. The first-order chi connectivity index (χ1) is 12.5. The molecule has 1 aromatic heterocycles. The Kier molecular flexibility index (Phi) is 3.87. The molecule has 4 nitrogen and oxygen atoms in total. The molecule has 2 aromatic carbocycles. The second-order valence-electron chi connectivity index (χ2n) is 6.97. The fourth-order valence-corrected chi connectivity index (χ4v) is 3.31. The number of aryl methyl sites for hydroxylation is 2. The summed E-state index contributed by atoms with van der Waals surface area (Å²) < 4.78 is 19.3. The van der Waals surface area contributed by atoms with Crippen LogP contribution in [0.15, 0.2) is 53.1 Å². The quantitative estimate of drug-likeness (QED) is 0.737. The Morgan fingerprint density at radius 2 is 1.81 bits per heavy atom. The van der Waals surface area contributed by atoms with E-state index in [1.54, 1.807) is 24.3 Å². The Labute approximate surface area is 151 Å². The van der Waals surface area contributed by atoms with Crippen LogP contribution in [0.25, 0.3) is 11.3 Å². The minimum absolute atomic E-state index is 0.101. The van der Waals surface area contributed by atoms with Gasteiger partial charge in [-0.3, -0.25) is 4.79 Å². The number of hydrogen-bond donors (Lipinski definition) is 1. The van der Waals surface area contributed by atoms with Crippen LogP contribution in [-0.4, -0.2) is 11.1 Å². The predicted octanol–water partition coefficient (Wildman–Crippen LogP) is 4.77. The Hall–Kier alpha value is -2.95. The molecule has 0 radical (unpaired) electrons. The maximum Gasteiger partial charge on any atom is 0.236 e. The van der Waals surface area contributed by atoms with Gasteiger partial charge in [-0.05, 0) is 62.1 Å². The molecule has 132 valence electrons. The molecule has 1 amide bonds. The van der Waals surface area contributed by atoms with Crippen molar-refractivity contribution >= 4 is 11.6 Å². The minimum Gasteiger partial charge on any atom is -0.356 e.